The van der Waals surface area contributed by atoms with Gasteiger partial charge in [-0.05, 0) is 12.8 Å². The van der Waals surface area contributed by atoms with Gasteiger partial charge in [-0.15, -0.1) is 10.2 Å². The molecule has 1 unspecified atom stereocenters. The average molecular weight is 400 g/mol. The van der Waals surface area contributed by atoms with Crippen molar-refractivity contribution in [3.8, 4) is 0 Å². The van der Waals surface area contributed by atoms with Crippen molar-refractivity contribution in [3.63, 3.8) is 0 Å². The molecule has 0 saturated carbocycles. The monoisotopic (exact) mass is 399 g/mol. The second-order valence-electron chi connectivity index (χ2n) is 7.84. The van der Waals surface area contributed by atoms with Crippen LogP contribution in [0.15, 0.2) is 0 Å². The van der Waals surface area contributed by atoms with Gasteiger partial charge in [0.25, 0.3) is 0 Å². The van der Waals surface area contributed by atoms with Gasteiger partial charge in [-0.3, -0.25) is 0 Å². The van der Waals surface area contributed by atoms with Gasteiger partial charge < -0.3 is 9.59 Å². The molecule has 0 radical (unpaired) electrons. The Morgan fingerprint density at radius 2 is 1.12 bits per heavy atom. The van der Waals surface area contributed by atoms with Gasteiger partial charge in [0.1, 0.15) is 12.6 Å². The largest absolute Gasteiger partial charge is 0.387 e. The summed E-state index contributed by atoms with van der Waals surface area (Å²) in [5, 5.41) is 10.1. The molecule has 0 rings (SSSR count). The minimum atomic E-state index is -4.94. The van der Waals surface area contributed by atoms with Gasteiger partial charge in [0.15, 0.2) is 0 Å². The molecule has 0 aromatic carbocycles. The van der Waals surface area contributed by atoms with Crippen molar-refractivity contribution in [1.82, 2.24) is 0 Å². The Hall–Kier alpha value is 0.0500. The Balaban J connectivity index is 0. The maximum atomic E-state index is 10.1. The highest BCUT2D eigenvalue weighted by atomic mass is 35.7. The minimum Gasteiger partial charge on any atom is -0.387 e. The molecule has 0 fully saturated rings. The lowest BCUT2D eigenvalue weighted by Crippen LogP contribution is -2.68. The van der Waals surface area contributed by atoms with Crippen molar-refractivity contribution in [2.24, 2.45) is 0 Å². The van der Waals surface area contributed by atoms with Crippen molar-refractivity contribution in [3.05, 3.63) is 0 Å². The fourth-order valence-corrected chi connectivity index (χ4v) is 3.23. The van der Waals surface area contributed by atoms with Crippen molar-refractivity contribution in [1.29, 1.82) is 0 Å². The molecule has 1 N–H and O–H groups in total. The Morgan fingerprint density at radius 1 is 0.731 bits per heavy atom. The van der Waals surface area contributed by atoms with Crippen LogP contribution in [0.3, 0.4) is 0 Å². The Labute approximate surface area is 163 Å². The van der Waals surface area contributed by atoms with Crippen LogP contribution in [0.25, 0.3) is 0 Å². The Bertz CT molecular complexity index is 292. The highest BCUT2D eigenvalue weighted by molar-refractivity contribution is 4.56. The quantitative estimate of drug-likeness (QED) is 0.316. The van der Waals surface area contributed by atoms with Crippen molar-refractivity contribution in [2.45, 2.75) is 97.0 Å². The van der Waals surface area contributed by atoms with E-state index in [0.29, 0.717) is 0 Å². The third-order valence-electron chi connectivity index (χ3n) is 4.42. The first kappa shape index (κ1) is 28.3. The van der Waals surface area contributed by atoms with Crippen LogP contribution in [-0.4, -0.2) is 42.9 Å². The molecule has 0 aromatic heterocycles. The molecule has 1 atom stereocenters. The first-order valence-corrected chi connectivity index (χ1v) is 11.4. The zero-order chi connectivity index (χ0) is 20.5. The smallest absolute Gasteiger partial charge is 0.105 e. The molecule has 0 amide bonds. The number of likely N-dealkylation sites (N-methyl/N-ethyl adjacent to an activating group) is 1. The minimum absolute atomic E-state index is 0.111. The van der Waals surface area contributed by atoms with Crippen LogP contribution in [0.4, 0.5) is 0 Å². The van der Waals surface area contributed by atoms with Crippen molar-refractivity contribution >= 4 is 0 Å². The third kappa shape index (κ3) is 28.8. The maximum absolute atomic E-state index is 10.1. The number of aliphatic hydroxyl groups is 1. The molecular formula is C19H42ClNO5. The molecule has 0 bridgehead atoms. The van der Waals surface area contributed by atoms with Crippen LogP contribution >= 0.6 is 0 Å². The van der Waals surface area contributed by atoms with Crippen LogP contribution < -0.4 is 18.6 Å². The topological polar surface area (TPSA) is 112 Å². The number of halogens is 1. The average Bonchev–Trinajstić information content (AvgIpc) is 2.46. The first-order valence-electron chi connectivity index (χ1n) is 10.1. The predicted octanol–water partition coefficient (Wildman–Crippen LogP) is 0.389. The van der Waals surface area contributed by atoms with E-state index in [9.17, 15) is 5.11 Å². The highest BCUT2D eigenvalue weighted by Crippen LogP contribution is 2.13. The molecule has 0 spiro atoms. The lowest BCUT2D eigenvalue weighted by molar-refractivity contribution is -2.00. The first-order chi connectivity index (χ1) is 12.0. The Morgan fingerprint density at radius 3 is 1.50 bits per heavy atom. The van der Waals surface area contributed by atoms with E-state index in [2.05, 4.69) is 27.9 Å². The lowest BCUT2D eigenvalue weighted by atomic mass is 10.0. The summed E-state index contributed by atoms with van der Waals surface area (Å²) >= 11 is 0. The van der Waals surface area contributed by atoms with E-state index in [1.807, 2.05) is 0 Å². The maximum Gasteiger partial charge on any atom is 0.105 e. The number of quaternary nitrogens is 1. The van der Waals surface area contributed by atoms with Crippen LogP contribution in [0.5, 0.6) is 0 Å². The van der Waals surface area contributed by atoms with Gasteiger partial charge in [-0.1, -0.05) is 78.1 Å². The predicted molar refractivity (Wildman–Crippen MR) is 94.6 cm³/mol. The molecule has 0 saturated heterocycles. The zero-order valence-corrected chi connectivity index (χ0v) is 18.1. The summed E-state index contributed by atoms with van der Waals surface area (Å²) in [7, 11) is -0.490. The zero-order valence-electron chi connectivity index (χ0n) is 17.4. The van der Waals surface area contributed by atoms with E-state index in [4.69, 9.17) is 18.6 Å². The number of hydrogen-bond donors (Lipinski definition) is 1. The van der Waals surface area contributed by atoms with Gasteiger partial charge >= 0.3 is 0 Å². The number of nitrogens with zero attached hydrogens (tertiary/aromatic N) is 1. The molecule has 0 aromatic rings. The van der Waals surface area contributed by atoms with Gasteiger partial charge in [0.05, 0.1) is 20.6 Å². The summed E-state index contributed by atoms with van der Waals surface area (Å²) in [5.74, 6) is 0. The molecule has 7 heteroatoms. The summed E-state index contributed by atoms with van der Waals surface area (Å²) < 4.78 is 34.9. The van der Waals surface area contributed by atoms with Crippen molar-refractivity contribution < 1.29 is 38.5 Å². The molecule has 6 nitrogen and oxygen atoms in total. The number of hydrogen-bond acceptors (Lipinski definition) is 5. The second kappa shape index (κ2) is 17.2. The van der Waals surface area contributed by atoms with Crippen LogP contribution in [-0.2, 0) is 0 Å². The molecular weight excluding hydrogens is 358 g/mol. The normalized spacial score (nSPS) is 13.3. The van der Waals surface area contributed by atoms with Gasteiger partial charge in [0.2, 0.25) is 0 Å². The summed E-state index contributed by atoms with van der Waals surface area (Å²) in [4.78, 5) is 0. The van der Waals surface area contributed by atoms with Crippen LogP contribution in [0.2, 0.25) is 0 Å². The lowest BCUT2D eigenvalue weighted by Gasteiger charge is -2.31. The van der Waals surface area contributed by atoms with E-state index in [1.165, 1.54) is 70.6 Å². The standard InChI is InChI=1S/C19H42NO.ClHO4/c1-5-7-8-9-10-11-12-13-14-15-16-19(21)18-20(3,4)17-6-2;2-1(3,4)5/h19,21H,5-18H2,1-4H3;(H,2,3,4,5)/q+1;/p-1. The summed E-state index contributed by atoms with van der Waals surface area (Å²) in [6.45, 7) is 6.56. The number of unbranched alkanes of at least 4 members (excludes halogenated alkanes) is 9. The van der Waals surface area contributed by atoms with Gasteiger partial charge in [0, 0.05) is 0 Å². The Kier molecular flexibility index (Phi) is 18.7. The van der Waals surface area contributed by atoms with Crippen molar-refractivity contribution in [2.75, 3.05) is 27.2 Å². The van der Waals surface area contributed by atoms with E-state index in [0.717, 1.165) is 24.0 Å². The third-order valence-corrected chi connectivity index (χ3v) is 4.42. The summed E-state index contributed by atoms with van der Waals surface area (Å²) in [6, 6.07) is 0. The van der Waals surface area contributed by atoms with Gasteiger partial charge in [-0.25, -0.2) is 18.6 Å². The van der Waals surface area contributed by atoms with Gasteiger partial charge in [-0.2, -0.15) is 0 Å². The van der Waals surface area contributed by atoms with Crippen LogP contribution in [0, 0.1) is 10.2 Å². The SMILES string of the molecule is CCCCCCCCCCCCC(O)C[N+](C)(C)CCC.[O-][Cl+3]([O-])([O-])[O-]. The molecule has 26 heavy (non-hydrogen) atoms. The molecule has 0 aliphatic heterocycles. The van der Waals surface area contributed by atoms with E-state index >= 15 is 0 Å². The van der Waals surface area contributed by atoms with E-state index < -0.39 is 10.2 Å². The van der Waals surface area contributed by atoms with Crippen LogP contribution in [0.1, 0.15) is 90.9 Å². The molecule has 0 aliphatic carbocycles. The fourth-order valence-electron chi connectivity index (χ4n) is 3.23. The molecule has 0 aliphatic rings. The molecule has 160 valence electrons. The van der Waals surface area contributed by atoms with E-state index in [-0.39, 0.29) is 6.10 Å². The molecule has 0 heterocycles. The number of rotatable bonds is 15. The highest BCUT2D eigenvalue weighted by Gasteiger charge is 2.18. The fraction of sp³-hybridized carbons (Fsp3) is 1.00. The summed E-state index contributed by atoms with van der Waals surface area (Å²) in [6.07, 6.45) is 15.7. The second-order valence-corrected chi connectivity index (χ2v) is 8.60. The number of aliphatic hydroxyl groups excluding tert-OH is 1. The van der Waals surface area contributed by atoms with E-state index in [1.54, 1.807) is 0 Å². The summed E-state index contributed by atoms with van der Waals surface area (Å²) in [5.41, 5.74) is 0.